The van der Waals surface area contributed by atoms with E-state index in [1.807, 2.05) is 0 Å². The van der Waals surface area contributed by atoms with Crippen LogP contribution < -0.4 is 10.2 Å². The van der Waals surface area contributed by atoms with E-state index in [4.69, 9.17) is 19.4 Å². The van der Waals surface area contributed by atoms with Gasteiger partial charge in [-0.25, -0.2) is 18.9 Å². The Bertz CT molecular complexity index is 2110. The number of hydrogen-bond acceptors (Lipinski definition) is 22. The van der Waals surface area contributed by atoms with Gasteiger partial charge in [-0.1, -0.05) is 10.1 Å². The first-order chi connectivity index (χ1) is 24.4. The third kappa shape index (κ3) is 9.71. The molecule has 0 radical (unpaired) electrons. The van der Waals surface area contributed by atoms with Gasteiger partial charge in [0.25, 0.3) is 10.1 Å². The number of nitrogens with zero attached hydrogens (tertiary/aromatic N) is 6. The molecule has 0 amide bonds. The molecule has 274 valence electrons. The highest BCUT2D eigenvalue weighted by molar-refractivity contribution is 7.94. The summed E-state index contributed by atoms with van der Waals surface area (Å²) in [6.45, 7) is 1.10. The number of benzene rings is 3. The normalized spacial score (nSPS) is 14.1. The summed E-state index contributed by atoms with van der Waals surface area (Å²) in [7, 11) is -8.91. The Hall–Kier alpha value is -3.90. The zero-order valence-corrected chi connectivity index (χ0v) is 28.6. The molecule has 0 unspecified atom stereocenters. The van der Waals surface area contributed by atoms with Gasteiger partial charge in [-0.2, -0.15) is 32.9 Å². The molecule has 4 aromatic rings. The van der Waals surface area contributed by atoms with Crippen molar-refractivity contribution in [2.75, 3.05) is 48.9 Å². The van der Waals surface area contributed by atoms with E-state index in [0.29, 0.717) is 26.3 Å². The van der Waals surface area contributed by atoms with Crippen LogP contribution >= 0.6 is 24.4 Å². The van der Waals surface area contributed by atoms with Crippen LogP contribution in [0.1, 0.15) is 0 Å². The van der Waals surface area contributed by atoms with E-state index in [1.165, 1.54) is 30.3 Å². The van der Waals surface area contributed by atoms with Crippen LogP contribution in [-0.4, -0.2) is 90.6 Å². The predicted molar refractivity (Wildman–Crippen MR) is 173 cm³/mol. The van der Waals surface area contributed by atoms with E-state index in [9.17, 15) is 30.9 Å². The number of phenolic OH excluding ortho intramolecular Hbond substituents is 1. The molecule has 1 aliphatic heterocycles. The van der Waals surface area contributed by atoms with Crippen molar-refractivity contribution < 1.29 is 69.1 Å². The van der Waals surface area contributed by atoms with Gasteiger partial charge >= 0.3 is 6.08 Å². The van der Waals surface area contributed by atoms with Crippen LogP contribution in [-0.2, 0) is 47.6 Å². The smallest absolute Gasteiger partial charge is 0.315 e. The van der Waals surface area contributed by atoms with Gasteiger partial charge in [0.2, 0.25) is 11.9 Å². The topological polar surface area (TPSA) is 283 Å². The van der Waals surface area contributed by atoms with Crippen LogP contribution in [0, 0.1) is 6.08 Å². The maximum atomic E-state index is 14.4. The summed E-state index contributed by atoms with van der Waals surface area (Å²) in [5.41, 5.74) is -0.523. The molecule has 51 heavy (non-hydrogen) atoms. The molecule has 1 aliphatic rings. The number of phenols is 1. The van der Waals surface area contributed by atoms with Crippen molar-refractivity contribution in [2.24, 2.45) is 10.2 Å². The van der Waals surface area contributed by atoms with E-state index in [-0.39, 0.29) is 74.5 Å². The minimum absolute atomic E-state index is 0.0446. The first-order valence-corrected chi connectivity index (χ1v) is 18.4. The predicted octanol–water partition coefficient (Wildman–Crippen LogP) is 4.31. The standard InChI is InChI=1S/C25H24FN7O14S4/c26-23-28-24(30-25(29-23)33-7-9-42-10-8-33)27-18-6-5-16-17(22(18)51(39,40)41)13-19(48-46-44-35)20(21(16)34)32-31-14-1-3-15(4-2-14)50(37,38)12-11-43-49-47-45-36/h1-6,13,34-36H,7-12H2,(H,39,40,41)(H,27,28,29,30). The number of aromatic hydroxyl groups is 1. The molecule has 3 aromatic carbocycles. The van der Waals surface area contributed by atoms with Crippen molar-refractivity contribution in [3.05, 3.63) is 48.5 Å². The highest BCUT2D eigenvalue weighted by Crippen LogP contribution is 2.47. The summed E-state index contributed by atoms with van der Waals surface area (Å²) in [5.74, 6) is -1.55. The summed E-state index contributed by atoms with van der Waals surface area (Å²) in [6.07, 6.45) is -1.17. The number of hydrogen-bond donors (Lipinski definition) is 5. The highest BCUT2D eigenvalue weighted by Gasteiger charge is 2.26. The molecule has 1 aromatic heterocycles. The summed E-state index contributed by atoms with van der Waals surface area (Å²) in [6, 6.07) is 8.59. The largest absolute Gasteiger partial charge is 0.505 e. The number of fused-ring (bicyclic) bond motifs is 1. The van der Waals surface area contributed by atoms with E-state index in [0.717, 1.165) is 12.1 Å². The number of rotatable bonds is 16. The van der Waals surface area contributed by atoms with Gasteiger partial charge in [0, 0.05) is 23.9 Å². The molecule has 1 saturated heterocycles. The Kier molecular flexibility index (Phi) is 12.8. The van der Waals surface area contributed by atoms with Gasteiger partial charge in [-0.15, -0.1) is 13.8 Å². The van der Waals surface area contributed by atoms with Crippen molar-refractivity contribution in [2.45, 2.75) is 14.7 Å². The number of sulfone groups is 1. The number of nitrogens with one attached hydrogen (secondary N) is 1. The fourth-order valence-electron chi connectivity index (χ4n) is 4.56. The number of anilines is 3. The molecule has 0 bridgehead atoms. The Morgan fingerprint density at radius 3 is 2.37 bits per heavy atom. The maximum absolute atomic E-state index is 14.4. The van der Waals surface area contributed by atoms with Gasteiger partial charge in [0.05, 0.1) is 58.8 Å². The van der Waals surface area contributed by atoms with Crippen LogP contribution in [0.15, 0.2) is 67.4 Å². The van der Waals surface area contributed by atoms with Gasteiger partial charge in [-0.05, 0) is 42.5 Å². The zero-order chi connectivity index (χ0) is 36.6. The first kappa shape index (κ1) is 38.3. The molecular formula is C25H24FN7O14S4. The van der Waals surface area contributed by atoms with Crippen LogP contribution in [0.2, 0.25) is 0 Å². The third-order valence-corrected chi connectivity index (χ3v) is 10.4. The fourth-order valence-corrected chi connectivity index (χ4v) is 7.30. The van der Waals surface area contributed by atoms with Crippen LogP contribution in [0.3, 0.4) is 0 Å². The molecule has 5 N–H and O–H groups in total. The summed E-state index contributed by atoms with van der Waals surface area (Å²) < 4.78 is 93.8. The lowest BCUT2D eigenvalue weighted by atomic mass is 10.1. The number of azo groups is 1. The van der Waals surface area contributed by atoms with Crippen LogP contribution in [0.4, 0.5) is 33.3 Å². The molecule has 0 aliphatic carbocycles. The van der Waals surface area contributed by atoms with Crippen molar-refractivity contribution >= 4 is 84.1 Å². The van der Waals surface area contributed by atoms with Gasteiger partial charge in [0.1, 0.15) is 10.6 Å². The average molecular weight is 794 g/mol. The lowest BCUT2D eigenvalue weighted by Crippen LogP contribution is -2.37. The van der Waals surface area contributed by atoms with Crippen molar-refractivity contribution in [1.29, 1.82) is 0 Å². The average Bonchev–Trinajstić information content (AvgIpc) is 3.10. The second kappa shape index (κ2) is 17.1. The SMILES string of the molecule is O=S(=O)(O)c1c(Nc2nc(F)nc(N3CCOCC3)n2)ccc2c(O)c(N=Nc3ccc(S(=O)(=O)CCOSOOO)cc3)c(SOOO)cc12. The Balaban J connectivity index is 1.48. The molecule has 5 rings (SSSR count). The number of halogens is 1. The zero-order valence-electron chi connectivity index (χ0n) is 25.3. The second-order valence-electron chi connectivity index (χ2n) is 9.81. The second-order valence-corrected chi connectivity index (χ2v) is 14.5. The lowest BCUT2D eigenvalue weighted by Gasteiger charge is -2.26. The van der Waals surface area contributed by atoms with E-state index in [1.54, 1.807) is 4.90 Å². The summed E-state index contributed by atoms with van der Waals surface area (Å²) >= 11 is 0.499. The maximum Gasteiger partial charge on any atom is 0.315 e. The Morgan fingerprint density at radius 1 is 0.961 bits per heavy atom. The summed E-state index contributed by atoms with van der Waals surface area (Å²) in [5, 5.41) is 45.2. The van der Waals surface area contributed by atoms with Gasteiger partial charge < -0.3 is 20.1 Å². The number of aromatic nitrogens is 3. The highest BCUT2D eigenvalue weighted by atomic mass is 32.2. The lowest BCUT2D eigenvalue weighted by molar-refractivity contribution is -0.434. The molecule has 21 nitrogen and oxygen atoms in total. The van der Waals surface area contributed by atoms with Gasteiger partial charge in [0.15, 0.2) is 27.9 Å². The molecule has 2 heterocycles. The fraction of sp³-hybridized carbons (Fsp3) is 0.240. The van der Waals surface area contributed by atoms with E-state index < -0.39 is 48.4 Å². The van der Waals surface area contributed by atoms with Crippen molar-refractivity contribution in [3.63, 3.8) is 0 Å². The molecule has 26 heteroatoms. The number of morpholine rings is 1. The Morgan fingerprint density at radius 2 is 1.69 bits per heavy atom. The van der Waals surface area contributed by atoms with Crippen molar-refractivity contribution in [3.8, 4) is 5.75 Å². The van der Waals surface area contributed by atoms with Crippen LogP contribution in [0.5, 0.6) is 5.75 Å². The van der Waals surface area contributed by atoms with E-state index >= 15 is 0 Å². The molecule has 1 fully saturated rings. The minimum Gasteiger partial charge on any atom is -0.505 e. The molecule has 0 saturated carbocycles. The Labute approximate surface area is 295 Å². The monoisotopic (exact) mass is 793 g/mol. The molecular weight excluding hydrogens is 770 g/mol. The summed E-state index contributed by atoms with van der Waals surface area (Å²) in [4.78, 5) is 12.0. The number of ether oxygens (including phenoxy) is 1. The minimum atomic E-state index is -5.10. The third-order valence-electron chi connectivity index (χ3n) is 6.74. The quantitative estimate of drug-likeness (QED) is 0.0264. The van der Waals surface area contributed by atoms with Gasteiger partial charge in [-0.3, -0.25) is 8.74 Å². The molecule has 0 spiro atoms. The van der Waals surface area contributed by atoms with Crippen LogP contribution in [0.25, 0.3) is 10.8 Å². The van der Waals surface area contributed by atoms with Crippen molar-refractivity contribution in [1.82, 2.24) is 15.0 Å². The first-order valence-electron chi connectivity index (χ1n) is 13.9. The molecule has 0 atom stereocenters. The van der Waals surface area contributed by atoms with E-state index in [2.05, 4.69) is 49.2 Å².